The van der Waals surface area contributed by atoms with Crippen molar-refractivity contribution in [3.05, 3.63) is 81.4 Å². The molecule has 1 N–H and O–H groups in total. The van der Waals surface area contributed by atoms with Gasteiger partial charge in [-0.25, -0.2) is 0 Å². The summed E-state index contributed by atoms with van der Waals surface area (Å²) in [5.74, 6) is 4.57. The van der Waals surface area contributed by atoms with Gasteiger partial charge < -0.3 is 14.8 Å². The number of benzene rings is 2. The number of allylic oxidation sites excluding steroid dienone is 3. The molecule has 0 saturated carbocycles. The topological polar surface area (TPSA) is 42.9 Å². The summed E-state index contributed by atoms with van der Waals surface area (Å²) in [6.07, 6.45) is 9.05. The molecular formula is C28H30Cl2N2O2. The van der Waals surface area contributed by atoms with Gasteiger partial charge in [0.1, 0.15) is 22.9 Å². The maximum Gasteiger partial charge on any atom is 0.134 e. The maximum absolute atomic E-state index is 6.19. The lowest BCUT2D eigenvalue weighted by Crippen LogP contribution is -2.52. The highest BCUT2D eigenvalue weighted by atomic mass is 35.5. The Bertz CT molecular complexity index is 1190. The van der Waals surface area contributed by atoms with E-state index in [0.717, 1.165) is 22.5 Å². The molecule has 34 heavy (non-hydrogen) atoms. The van der Waals surface area contributed by atoms with Gasteiger partial charge in [-0.15, -0.1) is 6.42 Å². The lowest BCUT2D eigenvalue weighted by Gasteiger charge is -2.40. The van der Waals surface area contributed by atoms with E-state index in [1.165, 1.54) is 0 Å². The third-order valence-corrected chi connectivity index (χ3v) is 6.78. The van der Waals surface area contributed by atoms with Crippen molar-refractivity contribution in [3.8, 4) is 23.8 Å². The molecule has 1 heterocycles. The van der Waals surface area contributed by atoms with Gasteiger partial charge in [-0.3, -0.25) is 4.99 Å². The second-order valence-electron chi connectivity index (χ2n) is 8.83. The molecule has 0 aromatic heterocycles. The number of ether oxygens (including phenoxy) is 2. The molecule has 0 bridgehead atoms. The second kappa shape index (κ2) is 10.2. The molecule has 0 saturated heterocycles. The van der Waals surface area contributed by atoms with Gasteiger partial charge in [-0.2, -0.15) is 0 Å². The molecule has 0 aliphatic carbocycles. The Balaban J connectivity index is 2.21. The minimum absolute atomic E-state index is 0.0143. The van der Waals surface area contributed by atoms with Crippen molar-refractivity contribution in [1.29, 1.82) is 0 Å². The predicted octanol–water partition coefficient (Wildman–Crippen LogP) is 6.86. The van der Waals surface area contributed by atoms with Gasteiger partial charge in [0, 0.05) is 11.1 Å². The van der Waals surface area contributed by atoms with Crippen LogP contribution in [-0.2, 0) is 5.54 Å². The molecule has 178 valence electrons. The van der Waals surface area contributed by atoms with Crippen LogP contribution in [0.15, 0.2) is 70.2 Å². The van der Waals surface area contributed by atoms with Crippen molar-refractivity contribution < 1.29 is 9.47 Å². The fourth-order valence-electron chi connectivity index (χ4n) is 4.05. The number of rotatable bonds is 7. The first-order valence-corrected chi connectivity index (χ1v) is 11.8. The van der Waals surface area contributed by atoms with Crippen LogP contribution in [0.3, 0.4) is 0 Å². The smallest absolute Gasteiger partial charge is 0.134 e. The molecule has 3 rings (SSSR count). The molecular weight excluding hydrogens is 467 g/mol. The zero-order valence-corrected chi connectivity index (χ0v) is 21.9. The molecule has 1 aliphatic rings. The van der Waals surface area contributed by atoms with E-state index in [1.807, 2.05) is 69.3 Å². The summed E-state index contributed by atoms with van der Waals surface area (Å²) in [7, 11) is 1.64. The minimum Gasteiger partial charge on any atom is -0.497 e. The number of amidine groups is 1. The first-order valence-electron chi connectivity index (χ1n) is 11.0. The van der Waals surface area contributed by atoms with Crippen LogP contribution in [-0.4, -0.2) is 24.6 Å². The molecule has 2 aromatic carbocycles. The van der Waals surface area contributed by atoms with E-state index in [1.54, 1.807) is 13.2 Å². The fourth-order valence-corrected chi connectivity index (χ4v) is 4.24. The Morgan fingerprint density at radius 2 is 1.82 bits per heavy atom. The monoisotopic (exact) mass is 496 g/mol. The van der Waals surface area contributed by atoms with Crippen LogP contribution in [0.4, 0.5) is 0 Å². The van der Waals surface area contributed by atoms with Gasteiger partial charge in [-0.1, -0.05) is 47.3 Å². The highest BCUT2D eigenvalue weighted by molar-refractivity contribution is 6.32. The molecule has 1 aliphatic heterocycles. The van der Waals surface area contributed by atoms with E-state index >= 15 is 0 Å². The van der Waals surface area contributed by atoms with E-state index in [-0.39, 0.29) is 6.10 Å². The largest absolute Gasteiger partial charge is 0.497 e. The third-order valence-electron chi connectivity index (χ3n) is 6.29. The van der Waals surface area contributed by atoms with Crippen LogP contribution in [0.1, 0.15) is 45.7 Å². The summed E-state index contributed by atoms with van der Waals surface area (Å²) < 4.78 is 11.6. The van der Waals surface area contributed by atoms with Crippen molar-refractivity contribution in [1.82, 2.24) is 5.32 Å². The van der Waals surface area contributed by atoms with E-state index < -0.39 is 11.1 Å². The molecule has 2 aromatic rings. The van der Waals surface area contributed by atoms with Gasteiger partial charge in [0.25, 0.3) is 0 Å². The quantitative estimate of drug-likeness (QED) is 0.336. The number of nitrogens with zero attached hydrogens (tertiary/aromatic N) is 1. The molecule has 0 fully saturated rings. The summed E-state index contributed by atoms with van der Waals surface area (Å²) in [6, 6.07) is 13.6. The molecule has 4 nitrogen and oxygen atoms in total. The van der Waals surface area contributed by atoms with Gasteiger partial charge in [0.2, 0.25) is 0 Å². The van der Waals surface area contributed by atoms with Crippen LogP contribution in [0.2, 0.25) is 5.02 Å². The number of terminal acetylenes is 1. The van der Waals surface area contributed by atoms with Crippen LogP contribution in [0.25, 0.3) is 0 Å². The summed E-state index contributed by atoms with van der Waals surface area (Å²) in [5, 5.41) is 4.70. The van der Waals surface area contributed by atoms with E-state index in [0.29, 0.717) is 21.6 Å². The van der Waals surface area contributed by atoms with Crippen LogP contribution >= 0.6 is 23.2 Å². The Morgan fingerprint density at radius 1 is 1.15 bits per heavy atom. The summed E-state index contributed by atoms with van der Waals surface area (Å²) in [4.78, 5) is 5.23. The van der Waals surface area contributed by atoms with Crippen molar-refractivity contribution in [2.45, 2.75) is 51.8 Å². The first-order chi connectivity index (χ1) is 16.0. The minimum atomic E-state index is -0.673. The van der Waals surface area contributed by atoms with Crippen molar-refractivity contribution in [2.24, 2.45) is 4.99 Å². The zero-order valence-electron chi connectivity index (χ0n) is 20.4. The number of hydrogen-bond acceptors (Lipinski definition) is 4. The highest BCUT2D eigenvalue weighted by Gasteiger charge is 2.52. The van der Waals surface area contributed by atoms with Gasteiger partial charge >= 0.3 is 0 Å². The Kier molecular flexibility index (Phi) is 7.70. The van der Waals surface area contributed by atoms with Crippen molar-refractivity contribution in [2.75, 3.05) is 7.11 Å². The zero-order chi connectivity index (χ0) is 25.1. The lowest BCUT2D eigenvalue weighted by molar-refractivity contribution is 0.240. The van der Waals surface area contributed by atoms with Gasteiger partial charge in [0.15, 0.2) is 0 Å². The van der Waals surface area contributed by atoms with Crippen LogP contribution < -0.4 is 14.8 Å². The summed E-state index contributed by atoms with van der Waals surface area (Å²) in [5.41, 5.74) is 1.61. The van der Waals surface area contributed by atoms with Crippen LogP contribution in [0.5, 0.6) is 11.5 Å². The normalized spacial score (nSPS) is 22.8. The third kappa shape index (κ3) is 4.97. The Hall–Kier alpha value is -2.87. The number of halogens is 2. The number of methoxy groups -OCH3 is 1. The van der Waals surface area contributed by atoms with Gasteiger partial charge in [-0.05, 0) is 76.1 Å². The SMILES string of the molecule is C#C/C(Cl)=C\C=C(/C)[C@]1(C)N=C(c2ccc(OC)cc2OC(C)C)N[C@]1(C)c1ccc(Cl)cc1. The average molecular weight is 497 g/mol. The Morgan fingerprint density at radius 3 is 2.41 bits per heavy atom. The summed E-state index contributed by atoms with van der Waals surface area (Å²) in [6.45, 7) is 10.2. The average Bonchev–Trinajstić information content (AvgIpc) is 3.09. The molecule has 0 amide bonds. The van der Waals surface area contributed by atoms with Gasteiger partial charge in [0.05, 0.1) is 29.3 Å². The Labute approximate surface area is 212 Å². The maximum atomic E-state index is 6.19. The highest BCUT2D eigenvalue weighted by Crippen LogP contribution is 2.46. The van der Waals surface area contributed by atoms with E-state index in [9.17, 15) is 0 Å². The molecule has 6 heteroatoms. The number of hydrogen-bond donors (Lipinski definition) is 1. The molecule has 0 unspecified atom stereocenters. The van der Waals surface area contributed by atoms with Crippen molar-refractivity contribution >= 4 is 29.0 Å². The van der Waals surface area contributed by atoms with E-state index in [2.05, 4.69) is 25.1 Å². The summed E-state index contributed by atoms with van der Waals surface area (Å²) >= 11 is 12.3. The predicted molar refractivity (Wildman–Crippen MR) is 142 cm³/mol. The first kappa shape index (κ1) is 25.7. The fraction of sp³-hybridized carbons (Fsp3) is 0.321. The van der Waals surface area contributed by atoms with Crippen LogP contribution in [0, 0.1) is 12.3 Å². The molecule has 0 radical (unpaired) electrons. The lowest BCUT2D eigenvalue weighted by atomic mass is 9.71. The standard InChI is InChI=1S/C28H30Cl2N2O2/c1-8-21(29)12-9-19(4)27(5)28(6,20-10-13-22(30)14-11-20)32-26(31-27)24-16-15-23(33-7)17-25(24)34-18(2)3/h1,9-18H,2-7H3,(H,31,32)/b19-9+,21-12+/t27-,28+/m0/s1. The van der Waals surface area contributed by atoms with Crippen molar-refractivity contribution in [3.63, 3.8) is 0 Å². The molecule has 0 spiro atoms. The van der Waals surface area contributed by atoms with E-state index in [4.69, 9.17) is 44.1 Å². The second-order valence-corrected chi connectivity index (χ2v) is 9.67. The molecule has 2 atom stereocenters. The number of aliphatic imine (C=N–C) groups is 1. The number of nitrogens with one attached hydrogen (secondary N) is 1.